The number of aliphatic hydroxyl groups is 1. The quantitative estimate of drug-likeness (QED) is 0.482. The molecule has 1 aliphatic heterocycles. The van der Waals surface area contributed by atoms with Gasteiger partial charge in [-0.2, -0.15) is 5.10 Å². The smallest absolute Gasteiger partial charge is 0.135 e. The van der Waals surface area contributed by atoms with Crippen molar-refractivity contribution in [3.63, 3.8) is 0 Å². The molecule has 0 spiro atoms. The van der Waals surface area contributed by atoms with E-state index in [1.54, 1.807) is 37.4 Å². The summed E-state index contributed by atoms with van der Waals surface area (Å²) in [6, 6.07) is 8.62. The zero-order valence-corrected chi connectivity index (χ0v) is 19.5. The third-order valence-electron chi connectivity index (χ3n) is 6.14. The summed E-state index contributed by atoms with van der Waals surface area (Å²) in [6.45, 7) is 0.789. The molecule has 0 amide bonds. The van der Waals surface area contributed by atoms with Crippen LogP contribution in [0, 0.1) is 0 Å². The zero-order valence-electron chi connectivity index (χ0n) is 18.0. The number of nitrogens with zero attached hydrogens (tertiary/aromatic N) is 2. The lowest BCUT2D eigenvalue weighted by atomic mass is 9.88. The first-order valence-electron chi connectivity index (χ1n) is 10.2. The number of aromatic amines is 1. The van der Waals surface area contributed by atoms with Crippen molar-refractivity contribution >= 4 is 23.2 Å². The molecule has 1 aliphatic rings. The first-order chi connectivity index (χ1) is 15.4. The molecule has 1 fully saturated rings. The average molecular weight is 478 g/mol. The third-order valence-corrected chi connectivity index (χ3v) is 6.69. The van der Waals surface area contributed by atoms with Gasteiger partial charge in [0.15, 0.2) is 0 Å². The van der Waals surface area contributed by atoms with Crippen LogP contribution in [0.2, 0.25) is 10.0 Å². The summed E-state index contributed by atoms with van der Waals surface area (Å²) in [7, 11) is 5.05. The molecule has 2 atom stereocenters. The first-order valence-corrected chi connectivity index (χ1v) is 10.9. The Balaban J connectivity index is 1.85. The van der Waals surface area contributed by atoms with Gasteiger partial charge in [0.1, 0.15) is 17.2 Å². The lowest BCUT2D eigenvalue weighted by Crippen LogP contribution is -2.32. The van der Waals surface area contributed by atoms with Gasteiger partial charge in [0.05, 0.1) is 42.8 Å². The van der Waals surface area contributed by atoms with Crippen LogP contribution in [0.5, 0.6) is 17.2 Å². The number of nitrogens with one attached hydrogen (secondary N) is 1. The average Bonchev–Trinajstić information content (AvgIpc) is 3.39. The molecule has 0 radical (unpaired) electrons. The number of H-pyrrole nitrogens is 1. The molecule has 2 aromatic carbocycles. The van der Waals surface area contributed by atoms with E-state index in [1.165, 1.54) is 7.11 Å². The normalized spacial score (nSPS) is 18.8. The van der Waals surface area contributed by atoms with Crippen LogP contribution in [0.3, 0.4) is 0 Å². The molecule has 4 rings (SSSR count). The molecular weight excluding hydrogens is 453 g/mol. The van der Waals surface area contributed by atoms with E-state index in [2.05, 4.69) is 15.1 Å². The molecule has 3 N–H and O–H groups in total. The van der Waals surface area contributed by atoms with Crippen LogP contribution in [0.15, 0.2) is 30.3 Å². The number of likely N-dealkylation sites (N-methyl/N-ethyl adjacent to an activating group) is 1. The van der Waals surface area contributed by atoms with Gasteiger partial charge in [-0.15, -0.1) is 0 Å². The van der Waals surface area contributed by atoms with Crippen LogP contribution in [-0.2, 0) is 0 Å². The molecular formula is C23H25Cl2N3O4. The number of hydrogen-bond acceptors (Lipinski definition) is 6. The standard InChI is InChI=1S/C23H25Cl2N3O4/c1-28-7-6-14(18(28)11-29)21-19(31-2)10-20(32-3)22(23(21)30)17-9-16(26-27-17)13-5-4-12(24)8-15(13)25/h4-5,8-10,14,18,29-30H,6-7,11H2,1-3H3,(H,26,27). The van der Waals surface area contributed by atoms with Crippen molar-refractivity contribution in [2.24, 2.45) is 0 Å². The summed E-state index contributed by atoms with van der Waals surface area (Å²) in [6.07, 6.45) is 0.784. The number of phenolic OH excluding ortho intramolecular Hbond substituents is 1. The molecule has 2 heterocycles. The number of halogens is 2. The highest BCUT2D eigenvalue weighted by Gasteiger charge is 2.37. The largest absolute Gasteiger partial charge is 0.507 e. The van der Waals surface area contributed by atoms with Crippen LogP contribution < -0.4 is 9.47 Å². The maximum Gasteiger partial charge on any atom is 0.135 e. The van der Waals surface area contributed by atoms with E-state index in [1.807, 2.05) is 7.05 Å². The van der Waals surface area contributed by atoms with Crippen molar-refractivity contribution in [3.05, 3.63) is 45.9 Å². The number of phenols is 1. The van der Waals surface area contributed by atoms with Crippen LogP contribution in [0.1, 0.15) is 17.9 Å². The molecule has 0 bridgehead atoms. The van der Waals surface area contributed by atoms with Crippen LogP contribution in [-0.4, -0.2) is 65.8 Å². The Morgan fingerprint density at radius 3 is 2.56 bits per heavy atom. The molecule has 9 heteroatoms. The molecule has 0 saturated carbocycles. The molecule has 1 aromatic heterocycles. The highest BCUT2D eigenvalue weighted by Crippen LogP contribution is 2.50. The second kappa shape index (κ2) is 9.19. The van der Waals surface area contributed by atoms with E-state index in [-0.39, 0.29) is 24.3 Å². The van der Waals surface area contributed by atoms with E-state index in [0.717, 1.165) is 13.0 Å². The number of aromatic hydroxyl groups is 1. The fourth-order valence-electron chi connectivity index (χ4n) is 4.48. The van der Waals surface area contributed by atoms with Gasteiger partial charge in [-0.3, -0.25) is 5.10 Å². The Kier molecular flexibility index (Phi) is 6.53. The predicted molar refractivity (Wildman–Crippen MR) is 125 cm³/mol. The number of aromatic nitrogens is 2. The molecule has 1 saturated heterocycles. The Morgan fingerprint density at radius 2 is 1.91 bits per heavy atom. The second-order valence-corrected chi connectivity index (χ2v) is 8.68. The Labute approximate surface area is 196 Å². The monoisotopic (exact) mass is 477 g/mol. The van der Waals surface area contributed by atoms with Gasteiger partial charge >= 0.3 is 0 Å². The lowest BCUT2D eigenvalue weighted by Gasteiger charge is -2.26. The SMILES string of the molecule is COc1cc(OC)c(C2CCN(C)C2CO)c(O)c1-c1cc(-c2ccc(Cl)cc2Cl)n[nH]1. The molecule has 170 valence electrons. The molecule has 3 aromatic rings. The predicted octanol–water partition coefficient (Wildman–Crippen LogP) is 4.55. The van der Waals surface area contributed by atoms with Gasteiger partial charge in [0.25, 0.3) is 0 Å². The molecule has 7 nitrogen and oxygen atoms in total. The summed E-state index contributed by atoms with van der Waals surface area (Å²) in [5.74, 6) is 0.893. The van der Waals surface area contributed by atoms with Crippen molar-refractivity contribution in [2.45, 2.75) is 18.4 Å². The van der Waals surface area contributed by atoms with E-state index in [9.17, 15) is 10.2 Å². The minimum absolute atomic E-state index is 0.0194. The molecule has 32 heavy (non-hydrogen) atoms. The zero-order chi connectivity index (χ0) is 23.0. The number of rotatable bonds is 6. The van der Waals surface area contributed by atoms with Crippen LogP contribution >= 0.6 is 23.2 Å². The van der Waals surface area contributed by atoms with Crippen molar-refractivity contribution in [2.75, 3.05) is 34.4 Å². The summed E-state index contributed by atoms with van der Waals surface area (Å²) in [5, 5.41) is 29.8. The summed E-state index contributed by atoms with van der Waals surface area (Å²) < 4.78 is 11.2. The van der Waals surface area contributed by atoms with Gasteiger partial charge in [0, 0.05) is 34.2 Å². The van der Waals surface area contributed by atoms with Crippen LogP contribution in [0.25, 0.3) is 22.5 Å². The fraction of sp³-hybridized carbons (Fsp3) is 0.348. The number of likely N-dealkylation sites (tertiary alicyclic amines) is 1. The molecule has 2 unspecified atom stereocenters. The minimum Gasteiger partial charge on any atom is -0.507 e. The van der Waals surface area contributed by atoms with Gasteiger partial charge in [0.2, 0.25) is 0 Å². The maximum atomic E-state index is 11.4. The summed E-state index contributed by atoms with van der Waals surface area (Å²) >= 11 is 12.4. The first kappa shape index (κ1) is 22.7. The Morgan fingerprint density at radius 1 is 1.16 bits per heavy atom. The van der Waals surface area contributed by atoms with E-state index in [0.29, 0.717) is 49.6 Å². The Hall–Kier alpha value is -2.45. The number of ether oxygens (including phenoxy) is 2. The van der Waals surface area contributed by atoms with Crippen molar-refractivity contribution in [1.29, 1.82) is 0 Å². The highest BCUT2D eigenvalue weighted by molar-refractivity contribution is 6.36. The van der Waals surface area contributed by atoms with Gasteiger partial charge < -0.3 is 24.6 Å². The highest BCUT2D eigenvalue weighted by atomic mass is 35.5. The second-order valence-electron chi connectivity index (χ2n) is 7.84. The number of aliphatic hydroxyl groups excluding tert-OH is 1. The summed E-state index contributed by atoms with van der Waals surface area (Å²) in [4.78, 5) is 2.09. The number of hydrogen-bond donors (Lipinski definition) is 3. The number of methoxy groups -OCH3 is 2. The van der Waals surface area contributed by atoms with Crippen molar-refractivity contribution < 1.29 is 19.7 Å². The van der Waals surface area contributed by atoms with Crippen molar-refractivity contribution in [1.82, 2.24) is 15.1 Å². The number of benzene rings is 2. The van der Waals surface area contributed by atoms with Crippen molar-refractivity contribution in [3.8, 4) is 39.8 Å². The minimum atomic E-state index is -0.124. The van der Waals surface area contributed by atoms with Gasteiger partial charge in [-0.1, -0.05) is 23.2 Å². The fourth-order valence-corrected chi connectivity index (χ4v) is 4.99. The van der Waals surface area contributed by atoms with Crippen LogP contribution in [0.4, 0.5) is 0 Å². The van der Waals surface area contributed by atoms with E-state index in [4.69, 9.17) is 32.7 Å². The van der Waals surface area contributed by atoms with Gasteiger partial charge in [-0.05, 0) is 44.3 Å². The maximum absolute atomic E-state index is 11.4. The third kappa shape index (κ3) is 3.90. The molecule has 0 aliphatic carbocycles. The van der Waals surface area contributed by atoms with Gasteiger partial charge in [-0.25, -0.2) is 0 Å². The van der Waals surface area contributed by atoms with E-state index >= 15 is 0 Å². The topological polar surface area (TPSA) is 90.8 Å². The Bertz CT molecular complexity index is 1130. The summed E-state index contributed by atoms with van der Waals surface area (Å²) in [5.41, 5.74) is 3.00. The van der Waals surface area contributed by atoms with E-state index < -0.39 is 0 Å². The lowest BCUT2D eigenvalue weighted by molar-refractivity contribution is 0.171.